The van der Waals surface area contributed by atoms with Crippen molar-refractivity contribution in [1.29, 1.82) is 0 Å². The second-order valence-corrected chi connectivity index (χ2v) is 6.88. The van der Waals surface area contributed by atoms with E-state index >= 15 is 0 Å². The molecular formula is C27H28O. The highest BCUT2D eigenvalue weighted by atomic mass is 16.5. The Morgan fingerprint density at radius 3 is 1.75 bits per heavy atom. The molecule has 1 heteroatoms. The topological polar surface area (TPSA) is 9.23 Å². The van der Waals surface area contributed by atoms with Gasteiger partial charge in [0.1, 0.15) is 0 Å². The minimum absolute atomic E-state index is 0.666. The highest BCUT2D eigenvalue weighted by molar-refractivity contribution is 5.71. The molecule has 0 atom stereocenters. The van der Waals surface area contributed by atoms with E-state index < -0.39 is 0 Å². The average molecular weight is 369 g/mol. The molecule has 0 bridgehead atoms. The van der Waals surface area contributed by atoms with Crippen LogP contribution in [0.2, 0.25) is 0 Å². The molecule has 28 heavy (non-hydrogen) atoms. The molecule has 0 heterocycles. The van der Waals surface area contributed by atoms with Gasteiger partial charge >= 0.3 is 0 Å². The van der Waals surface area contributed by atoms with Crippen molar-refractivity contribution in [2.75, 3.05) is 6.61 Å². The maximum atomic E-state index is 5.70. The lowest BCUT2D eigenvalue weighted by molar-refractivity contribution is 0.119. The lowest BCUT2D eigenvalue weighted by atomic mass is 9.99. The van der Waals surface area contributed by atoms with E-state index in [0.717, 1.165) is 19.4 Å². The van der Waals surface area contributed by atoms with Crippen LogP contribution in [0.1, 0.15) is 30.9 Å². The summed E-state index contributed by atoms with van der Waals surface area (Å²) in [6.45, 7) is 7.22. The first kappa shape index (κ1) is 19.9. The van der Waals surface area contributed by atoms with Crippen LogP contribution in [-0.2, 0) is 11.3 Å². The Kier molecular flexibility index (Phi) is 7.40. The SMILES string of the molecule is C=CCCCOCc1ccc(-c2ccc(-c3ccc(/C=C\C)cc3)cc2)cc1. The van der Waals surface area contributed by atoms with Crippen molar-refractivity contribution in [3.63, 3.8) is 0 Å². The number of ether oxygens (including phenoxy) is 1. The van der Waals surface area contributed by atoms with Crippen molar-refractivity contribution in [2.45, 2.75) is 26.4 Å². The van der Waals surface area contributed by atoms with Gasteiger partial charge < -0.3 is 4.74 Å². The molecule has 3 aromatic rings. The van der Waals surface area contributed by atoms with E-state index in [1.165, 1.54) is 33.4 Å². The molecule has 142 valence electrons. The number of hydrogen-bond acceptors (Lipinski definition) is 1. The summed E-state index contributed by atoms with van der Waals surface area (Å²) in [5.74, 6) is 0. The van der Waals surface area contributed by atoms with Crippen LogP contribution in [0.3, 0.4) is 0 Å². The second-order valence-electron chi connectivity index (χ2n) is 6.88. The van der Waals surface area contributed by atoms with Gasteiger partial charge in [0.25, 0.3) is 0 Å². The third-order valence-corrected chi connectivity index (χ3v) is 4.74. The molecule has 0 amide bonds. The Labute approximate surface area is 169 Å². The fourth-order valence-corrected chi connectivity index (χ4v) is 3.15. The number of hydrogen-bond donors (Lipinski definition) is 0. The molecule has 0 radical (unpaired) electrons. The number of unbranched alkanes of at least 4 members (excludes halogenated alkanes) is 1. The lowest BCUT2D eigenvalue weighted by Gasteiger charge is -2.07. The van der Waals surface area contributed by atoms with Crippen LogP contribution in [0.25, 0.3) is 28.3 Å². The lowest BCUT2D eigenvalue weighted by Crippen LogP contribution is -1.95. The van der Waals surface area contributed by atoms with E-state index in [1.54, 1.807) is 0 Å². The predicted molar refractivity (Wildman–Crippen MR) is 121 cm³/mol. The fraction of sp³-hybridized carbons (Fsp3) is 0.185. The minimum Gasteiger partial charge on any atom is -0.377 e. The van der Waals surface area contributed by atoms with Gasteiger partial charge in [-0.15, -0.1) is 6.58 Å². The third kappa shape index (κ3) is 5.55. The van der Waals surface area contributed by atoms with Crippen LogP contribution in [0.4, 0.5) is 0 Å². The molecule has 0 aliphatic rings. The fourth-order valence-electron chi connectivity index (χ4n) is 3.15. The summed E-state index contributed by atoms with van der Waals surface area (Å²) in [5.41, 5.74) is 7.37. The predicted octanol–water partition coefficient (Wildman–Crippen LogP) is 7.54. The number of allylic oxidation sites excluding steroid dienone is 2. The summed E-state index contributed by atoms with van der Waals surface area (Å²) in [7, 11) is 0. The molecule has 0 spiro atoms. The summed E-state index contributed by atoms with van der Waals surface area (Å²) in [4.78, 5) is 0. The van der Waals surface area contributed by atoms with Crippen LogP contribution in [-0.4, -0.2) is 6.61 Å². The third-order valence-electron chi connectivity index (χ3n) is 4.74. The van der Waals surface area contributed by atoms with Crippen molar-refractivity contribution in [3.8, 4) is 22.3 Å². The molecule has 0 aliphatic carbocycles. The number of rotatable bonds is 9. The summed E-state index contributed by atoms with van der Waals surface area (Å²) in [5, 5.41) is 0. The monoisotopic (exact) mass is 368 g/mol. The van der Waals surface area contributed by atoms with Gasteiger partial charge in [-0.25, -0.2) is 0 Å². The largest absolute Gasteiger partial charge is 0.377 e. The maximum absolute atomic E-state index is 5.70. The molecule has 1 nitrogen and oxygen atoms in total. The van der Waals surface area contributed by atoms with E-state index in [2.05, 4.69) is 91.5 Å². The molecule has 0 N–H and O–H groups in total. The van der Waals surface area contributed by atoms with E-state index in [9.17, 15) is 0 Å². The van der Waals surface area contributed by atoms with Gasteiger partial charge in [0.05, 0.1) is 6.61 Å². The van der Waals surface area contributed by atoms with Crippen LogP contribution < -0.4 is 0 Å². The molecule has 0 aliphatic heterocycles. The molecule has 3 aromatic carbocycles. The Hall–Kier alpha value is -2.90. The Morgan fingerprint density at radius 2 is 1.25 bits per heavy atom. The maximum Gasteiger partial charge on any atom is 0.0716 e. The zero-order valence-corrected chi connectivity index (χ0v) is 16.6. The van der Waals surface area contributed by atoms with Gasteiger partial charge in [0, 0.05) is 6.61 Å². The standard InChI is InChI=1S/C27H28O/c1-3-5-6-20-28-21-23-10-14-25(15-11-23)27-18-16-26(17-19-27)24-12-8-22(7-4-2)9-13-24/h3-4,7-19H,1,5-6,20-21H2,2H3/b7-4-. The van der Waals surface area contributed by atoms with Gasteiger partial charge in [-0.1, -0.05) is 91.0 Å². The van der Waals surface area contributed by atoms with E-state index in [-0.39, 0.29) is 0 Å². The molecule has 0 saturated heterocycles. The summed E-state index contributed by atoms with van der Waals surface area (Å²) in [6.07, 6.45) is 8.15. The minimum atomic E-state index is 0.666. The Morgan fingerprint density at radius 1 is 0.750 bits per heavy atom. The van der Waals surface area contributed by atoms with E-state index in [0.29, 0.717) is 6.61 Å². The van der Waals surface area contributed by atoms with Gasteiger partial charge in [0.15, 0.2) is 0 Å². The molecule has 0 unspecified atom stereocenters. The molecule has 0 saturated carbocycles. The molecule has 0 aromatic heterocycles. The molecule has 3 rings (SSSR count). The van der Waals surface area contributed by atoms with Crippen molar-refractivity contribution in [3.05, 3.63) is 103 Å². The molecule has 0 fully saturated rings. The molecular weight excluding hydrogens is 340 g/mol. The zero-order valence-electron chi connectivity index (χ0n) is 16.6. The van der Waals surface area contributed by atoms with Gasteiger partial charge in [-0.3, -0.25) is 0 Å². The Bertz CT molecular complexity index is 885. The van der Waals surface area contributed by atoms with Crippen molar-refractivity contribution < 1.29 is 4.74 Å². The van der Waals surface area contributed by atoms with Crippen LogP contribution >= 0.6 is 0 Å². The van der Waals surface area contributed by atoms with Crippen LogP contribution in [0, 0.1) is 0 Å². The first-order valence-corrected chi connectivity index (χ1v) is 9.91. The van der Waals surface area contributed by atoms with Crippen molar-refractivity contribution >= 4 is 6.08 Å². The second kappa shape index (κ2) is 10.4. The van der Waals surface area contributed by atoms with Crippen molar-refractivity contribution in [1.82, 2.24) is 0 Å². The van der Waals surface area contributed by atoms with Crippen LogP contribution in [0.5, 0.6) is 0 Å². The normalized spacial score (nSPS) is 11.0. The first-order valence-electron chi connectivity index (χ1n) is 9.91. The van der Waals surface area contributed by atoms with E-state index in [4.69, 9.17) is 4.74 Å². The average Bonchev–Trinajstić information content (AvgIpc) is 2.75. The summed E-state index contributed by atoms with van der Waals surface area (Å²) in [6, 6.07) is 26.1. The quantitative estimate of drug-likeness (QED) is 0.280. The highest BCUT2D eigenvalue weighted by Crippen LogP contribution is 2.25. The van der Waals surface area contributed by atoms with Gasteiger partial charge in [0.2, 0.25) is 0 Å². The summed E-state index contributed by atoms with van der Waals surface area (Å²) < 4.78 is 5.70. The highest BCUT2D eigenvalue weighted by Gasteiger charge is 2.01. The van der Waals surface area contributed by atoms with Gasteiger partial charge in [-0.2, -0.15) is 0 Å². The van der Waals surface area contributed by atoms with Crippen LogP contribution in [0.15, 0.2) is 91.5 Å². The first-order chi connectivity index (χ1) is 13.8. The summed E-state index contributed by atoms with van der Waals surface area (Å²) >= 11 is 0. The Balaban J connectivity index is 1.62. The zero-order chi connectivity index (χ0) is 19.6. The van der Waals surface area contributed by atoms with Gasteiger partial charge in [-0.05, 0) is 53.1 Å². The number of benzene rings is 3. The smallest absolute Gasteiger partial charge is 0.0716 e. The van der Waals surface area contributed by atoms with E-state index in [1.807, 2.05) is 13.0 Å². The van der Waals surface area contributed by atoms with Crippen molar-refractivity contribution in [2.24, 2.45) is 0 Å².